The first-order valence-electron chi connectivity index (χ1n) is 6.88. The lowest BCUT2D eigenvalue weighted by atomic mass is 10.1. The van der Waals surface area contributed by atoms with Crippen molar-refractivity contribution in [3.63, 3.8) is 0 Å². The van der Waals surface area contributed by atoms with Crippen LogP contribution in [0.25, 0.3) is 0 Å². The largest absolute Gasteiger partial charge is 0.305 e. The van der Waals surface area contributed by atoms with E-state index in [-0.39, 0.29) is 0 Å². The highest BCUT2D eigenvalue weighted by molar-refractivity contribution is 7.16. The first-order chi connectivity index (χ1) is 9.28. The van der Waals surface area contributed by atoms with Crippen molar-refractivity contribution in [2.45, 2.75) is 38.6 Å². The molecule has 0 fully saturated rings. The lowest BCUT2D eigenvalue weighted by Crippen LogP contribution is -2.21. The van der Waals surface area contributed by atoms with Crippen LogP contribution in [0.3, 0.4) is 0 Å². The maximum atomic E-state index is 6.10. The zero-order chi connectivity index (χ0) is 13.2. The van der Waals surface area contributed by atoms with Gasteiger partial charge in [-0.25, -0.2) is 0 Å². The summed E-state index contributed by atoms with van der Waals surface area (Å²) in [7, 11) is 0. The van der Waals surface area contributed by atoms with E-state index in [0.29, 0.717) is 6.04 Å². The fraction of sp³-hybridized carbons (Fsp3) is 0.467. The van der Waals surface area contributed by atoms with E-state index in [1.165, 1.54) is 29.0 Å². The van der Waals surface area contributed by atoms with Crippen LogP contribution in [0, 0.1) is 0 Å². The van der Waals surface area contributed by atoms with Gasteiger partial charge in [-0.05, 0) is 56.0 Å². The van der Waals surface area contributed by atoms with Crippen molar-refractivity contribution in [1.29, 1.82) is 0 Å². The lowest BCUT2D eigenvalue weighted by molar-refractivity contribution is 0.613. The molecule has 4 heteroatoms. The average Bonchev–Trinajstić information content (AvgIpc) is 3.05. The van der Waals surface area contributed by atoms with E-state index in [2.05, 4.69) is 24.4 Å². The Kier molecular flexibility index (Phi) is 4.27. The van der Waals surface area contributed by atoms with E-state index in [1.54, 1.807) is 21.8 Å². The lowest BCUT2D eigenvalue weighted by Gasteiger charge is -2.15. The molecule has 1 unspecified atom stereocenters. The molecule has 0 saturated heterocycles. The Morgan fingerprint density at radius 1 is 1.26 bits per heavy atom. The van der Waals surface area contributed by atoms with Crippen LogP contribution in [0.2, 0.25) is 4.34 Å². The normalized spacial score (nSPS) is 15.7. The number of fused-ring (bicyclic) bond motifs is 1. The minimum absolute atomic E-state index is 0.327. The van der Waals surface area contributed by atoms with E-state index in [4.69, 9.17) is 11.6 Å². The molecule has 1 aliphatic rings. The van der Waals surface area contributed by atoms with Gasteiger partial charge in [0, 0.05) is 14.6 Å². The second kappa shape index (κ2) is 5.96. The molecular formula is C15H18ClNS2. The minimum atomic E-state index is 0.327. The van der Waals surface area contributed by atoms with Gasteiger partial charge in [-0.3, -0.25) is 0 Å². The molecule has 0 aliphatic heterocycles. The van der Waals surface area contributed by atoms with Gasteiger partial charge >= 0.3 is 0 Å². The van der Waals surface area contributed by atoms with Crippen LogP contribution in [0.4, 0.5) is 0 Å². The molecule has 3 rings (SSSR count). The molecule has 2 aromatic rings. The number of hydrogen-bond acceptors (Lipinski definition) is 3. The first-order valence-corrected chi connectivity index (χ1v) is 8.89. The quantitative estimate of drug-likeness (QED) is 0.815. The maximum absolute atomic E-state index is 6.10. The summed E-state index contributed by atoms with van der Waals surface area (Å²) in [5.41, 5.74) is 1.57. The summed E-state index contributed by atoms with van der Waals surface area (Å²) in [6.07, 6.45) is 5.02. The number of hydrogen-bond donors (Lipinski definition) is 1. The van der Waals surface area contributed by atoms with E-state index in [9.17, 15) is 0 Å². The molecule has 2 heterocycles. The fourth-order valence-electron chi connectivity index (χ4n) is 2.61. The molecule has 102 valence electrons. The smallest absolute Gasteiger partial charge is 0.0931 e. The molecule has 0 spiro atoms. The summed E-state index contributed by atoms with van der Waals surface area (Å²) in [6.45, 7) is 3.25. The average molecular weight is 312 g/mol. The molecule has 1 aliphatic carbocycles. The molecule has 1 nitrogen and oxygen atoms in total. The topological polar surface area (TPSA) is 12.0 Å². The van der Waals surface area contributed by atoms with Gasteiger partial charge in [-0.1, -0.05) is 18.5 Å². The number of nitrogens with one attached hydrogen (secondary N) is 1. The van der Waals surface area contributed by atoms with Crippen molar-refractivity contribution in [3.8, 4) is 0 Å². The Morgan fingerprint density at radius 2 is 2.16 bits per heavy atom. The van der Waals surface area contributed by atoms with Crippen molar-refractivity contribution in [2.75, 3.05) is 6.54 Å². The zero-order valence-electron chi connectivity index (χ0n) is 11.0. The molecule has 0 saturated carbocycles. The van der Waals surface area contributed by atoms with Crippen molar-refractivity contribution in [3.05, 3.63) is 42.7 Å². The van der Waals surface area contributed by atoms with Gasteiger partial charge in [-0.2, -0.15) is 0 Å². The van der Waals surface area contributed by atoms with E-state index in [0.717, 1.165) is 17.3 Å². The third-order valence-corrected chi connectivity index (χ3v) is 6.13. The molecule has 0 aromatic carbocycles. The first kappa shape index (κ1) is 13.6. The number of rotatable bonds is 5. The Hall–Kier alpha value is -0.350. The molecular weight excluding hydrogens is 294 g/mol. The van der Waals surface area contributed by atoms with Crippen LogP contribution in [0.15, 0.2) is 18.2 Å². The monoisotopic (exact) mass is 311 g/mol. The van der Waals surface area contributed by atoms with Gasteiger partial charge in [0.2, 0.25) is 0 Å². The summed E-state index contributed by atoms with van der Waals surface area (Å²) in [5, 5.41) is 3.67. The Bertz CT molecular complexity index is 537. The molecule has 1 N–H and O–H groups in total. The highest BCUT2D eigenvalue weighted by Gasteiger charge is 2.22. The fourth-order valence-corrected chi connectivity index (χ4v) is 5.19. The molecule has 2 aromatic heterocycles. The molecule has 0 radical (unpaired) electrons. The predicted octanol–water partition coefficient (Wildman–Crippen LogP) is 5.04. The van der Waals surface area contributed by atoms with Gasteiger partial charge in [0.25, 0.3) is 0 Å². The highest BCUT2D eigenvalue weighted by Crippen LogP contribution is 2.38. The van der Waals surface area contributed by atoms with E-state index >= 15 is 0 Å². The van der Waals surface area contributed by atoms with Crippen LogP contribution in [0.1, 0.15) is 46.0 Å². The van der Waals surface area contributed by atoms with Crippen LogP contribution < -0.4 is 5.32 Å². The summed E-state index contributed by atoms with van der Waals surface area (Å²) in [4.78, 5) is 4.39. The zero-order valence-corrected chi connectivity index (χ0v) is 13.4. The highest BCUT2D eigenvalue weighted by atomic mass is 35.5. The van der Waals surface area contributed by atoms with Crippen molar-refractivity contribution in [2.24, 2.45) is 0 Å². The van der Waals surface area contributed by atoms with Crippen LogP contribution >= 0.6 is 34.3 Å². The minimum Gasteiger partial charge on any atom is -0.305 e. The molecule has 0 amide bonds. The third-order valence-electron chi connectivity index (χ3n) is 3.53. The summed E-state index contributed by atoms with van der Waals surface area (Å²) < 4.78 is 0.877. The van der Waals surface area contributed by atoms with Gasteiger partial charge in [0.15, 0.2) is 0 Å². The summed E-state index contributed by atoms with van der Waals surface area (Å²) in [5.74, 6) is 0. The van der Waals surface area contributed by atoms with Gasteiger partial charge in [-0.15, -0.1) is 22.7 Å². The number of thiophene rings is 2. The molecule has 0 bridgehead atoms. The van der Waals surface area contributed by atoms with E-state index < -0.39 is 0 Å². The van der Waals surface area contributed by atoms with Crippen LogP contribution in [-0.2, 0) is 12.8 Å². The summed E-state index contributed by atoms with van der Waals surface area (Å²) >= 11 is 9.77. The van der Waals surface area contributed by atoms with Gasteiger partial charge in [0.05, 0.1) is 10.4 Å². The third kappa shape index (κ3) is 2.89. The van der Waals surface area contributed by atoms with Crippen LogP contribution in [0.5, 0.6) is 0 Å². The van der Waals surface area contributed by atoms with Gasteiger partial charge in [0.1, 0.15) is 0 Å². The second-order valence-electron chi connectivity index (χ2n) is 4.98. The standard InChI is InChI=1S/C15H18ClNS2/c1-2-8-17-15(12-6-7-14(16)19-12)13-9-10-4-3-5-11(10)18-13/h6-7,9,15,17H,2-5,8H2,1H3. The summed E-state index contributed by atoms with van der Waals surface area (Å²) in [6, 6.07) is 6.90. The van der Waals surface area contributed by atoms with Crippen molar-refractivity contribution < 1.29 is 0 Å². The second-order valence-corrected chi connectivity index (χ2v) is 7.89. The van der Waals surface area contributed by atoms with E-state index in [1.807, 2.05) is 17.4 Å². The number of halogens is 1. The maximum Gasteiger partial charge on any atom is 0.0931 e. The Labute approximate surface area is 127 Å². The molecule has 1 atom stereocenters. The van der Waals surface area contributed by atoms with Crippen molar-refractivity contribution in [1.82, 2.24) is 5.32 Å². The number of aryl methyl sites for hydroxylation is 2. The predicted molar refractivity (Wildman–Crippen MR) is 85.8 cm³/mol. The van der Waals surface area contributed by atoms with Crippen molar-refractivity contribution >= 4 is 34.3 Å². The SMILES string of the molecule is CCCNC(c1ccc(Cl)s1)c1cc2c(s1)CCC2. The molecule has 19 heavy (non-hydrogen) atoms. The Morgan fingerprint density at radius 3 is 2.84 bits per heavy atom. The Balaban J connectivity index is 1.89. The van der Waals surface area contributed by atoms with Crippen LogP contribution in [-0.4, -0.2) is 6.54 Å². The van der Waals surface area contributed by atoms with Gasteiger partial charge < -0.3 is 5.32 Å².